The molecular formula is C8H15N5O. The summed E-state index contributed by atoms with van der Waals surface area (Å²) in [5.74, 6) is 0.282. The fourth-order valence-corrected chi connectivity index (χ4v) is 0.911. The summed E-state index contributed by atoms with van der Waals surface area (Å²) in [7, 11) is 0. The van der Waals surface area contributed by atoms with E-state index in [0.717, 1.165) is 6.42 Å². The van der Waals surface area contributed by atoms with Crippen LogP contribution in [0.3, 0.4) is 0 Å². The highest BCUT2D eigenvalue weighted by molar-refractivity contribution is 5.90. The maximum absolute atomic E-state index is 11.3. The van der Waals surface area contributed by atoms with Crippen molar-refractivity contribution in [1.82, 2.24) is 20.2 Å². The van der Waals surface area contributed by atoms with Gasteiger partial charge in [0.2, 0.25) is 11.9 Å². The van der Waals surface area contributed by atoms with Crippen molar-refractivity contribution in [2.24, 2.45) is 5.92 Å². The first-order valence-corrected chi connectivity index (χ1v) is 4.72. The molecule has 0 unspecified atom stereocenters. The number of aromatic nitrogens is 4. The first kappa shape index (κ1) is 10.6. The van der Waals surface area contributed by atoms with Gasteiger partial charge in [-0.05, 0) is 16.8 Å². The van der Waals surface area contributed by atoms with Gasteiger partial charge in [0.1, 0.15) is 0 Å². The minimum atomic E-state index is -0.0721. The van der Waals surface area contributed by atoms with Crippen LogP contribution in [0.25, 0.3) is 0 Å². The molecule has 6 heteroatoms. The Labute approximate surface area is 82.7 Å². The lowest BCUT2D eigenvalue weighted by molar-refractivity contribution is -0.119. The normalized spacial score (nSPS) is 10.6. The predicted octanol–water partition coefficient (Wildman–Crippen LogP) is 0.678. The van der Waals surface area contributed by atoms with Crippen LogP contribution in [0, 0.1) is 5.92 Å². The third kappa shape index (κ3) is 2.51. The first-order valence-electron chi connectivity index (χ1n) is 4.72. The molecule has 1 aromatic heterocycles. The number of hydrogen-bond acceptors (Lipinski definition) is 4. The SMILES string of the molecule is CCCn1nnnc1NC(=O)C(C)C. The van der Waals surface area contributed by atoms with E-state index in [1.165, 1.54) is 0 Å². The summed E-state index contributed by atoms with van der Waals surface area (Å²) in [6, 6.07) is 0. The Hall–Kier alpha value is -1.46. The van der Waals surface area contributed by atoms with Gasteiger partial charge < -0.3 is 0 Å². The molecule has 0 saturated carbocycles. The Balaban J connectivity index is 2.66. The molecule has 1 amide bonds. The second-order valence-corrected chi connectivity index (χ2v) is 3.37. The molecule has 1 aromatic rings. The van der Waals surface area contributed by atoms with Gasteiger partial charge in [0.05, 0.1) is 0 Å². The van der Waals surface area contributed by atoms with Gasteiger partial charge >= 0.3 is 0 Å². The van der Waals surface area contributed by atoms with E-state index in [0.29, 0.717) is 12.5 Å². The number of nitrogens with zero attached hydrogens (tertiary/aromatic N) is 4. The van der Waals surface area contributed by atoms with Gasteiger partial charge in [0, 0.05) is 12.5 Å². The molecule has 14 heavy (non-hydrogen) atoms. The van der Waals surface area contributed by atoms with E-state index in [1.807, 2.05) is 20.8 Å². The first-order chi connectivity index (χ1) is 6.65. The van der Waals surface area contributed by atoms with Gasteiger partial charge in [-0.3, -0.25) is 10.1 Å². The summed E-state index contributed by atoms with van der Waals surface area (Å²) in [5, 5.41) is 13.7. The molecule has 1 rings (SSSR count). The van der Waals surface area contributed by atoms with Gasteiger partial charge in [0.25, 0.3) is 0 Å². The van der Waals surface area contributed by atoms with Crippen molar-refractivity contribution in [3.8, 4) is 0 Å². The number of amides is 1. The maximum Gasteiger partial charge on any atom is 0.249 e. The monoisotopic (exact) mass is 197 g/mol. The number of tetrazole rings is 1. The molecule has 0 fully saturated rings. The third-order valence-corrected chi connectivity index (χ3v) is 1.73. The number of carbonyl (C=O) groups is 1. The molecular weight excluding hydrogens is 182 g/mol. The number of nitrogens with one attached hydrogen (secondary N) is 1. The minimum Gasteiger partial charge on any atom is -0.293 e. The van der Waals surface area contributed by atoms with Crippen molar-refractivity contribution < 1.29 is 4.79 Å². The van der Waals surface area contributed by atoms with E-state index >= 15 is 0 Å². The largest absolute Gasteiger partial charge is 0.293 e. The van der Waals surface area contributed by atoms with Crippen LogP contribution in [0.15, 0.2) is 0 Å². The predicted molar refractivity (Wildman–Crippen MR) is 51.6 cm³/mol. The molecule has 0 aliphatic rings. The van der Waals surface area contributed by atoms with Crippen molar-refractivity contribution in [1.29, 1.82) is 0 Å². The van der Waals surface area contributed by atoms with E-state index in [1.54, 1.807) is 4.68 Å². The third-order valence-electron chi connectivity index (χ3n) is 1.73. The van der Waals surface area contributed by atoms with Crippen LogP contribution in [-0.4, -0.2) is 26.1 Å². The fourth-order valence-electron chi connectivity index (χ4n) is 0.911. The standard InChI is InChI=1S/C8H15N5O/c1-4-5-13-8(10-11-12-13)9-7(14)6(2)3/h6H,4-5H2,1-3H3,(H,9,10,12,14). The van der Waals surface area contributed by atoms with E-state index in [-0.39, 0.29) is 11.8 Å². The summed E-state index contributed by atoms with van der Waals surface area (Å²) < 4.78 is 1.58. The maximum atomic E-state index is 11.3. The molecule has 0 bridgehead atoms. The van der Waals surface area contributed by atoms with Crippen LogP contribution in [-0.2, 0) is 11.3 Å². The smallest absolute Gasteiger partial charge is 0.249 e. The Morgan fingerprint density at radius 3 is 2.86 bits per heavy atom. The number of anilines is 1. The van der Waals surface area contributed by atoms with Crippen molar-refractivity contribution in [3.63, 3.8) is 0 Å². The molecule has 0 atom stereocenters. The highest BCUT2D eigenvalue weighted by atomic mass is 16.2. The zero-order valence-corrected chi connectivity index (χ0v) is 8.69. The lowest BCUT2D eigenvalue weighted by Gasteiger charge is -2.06. The molecule has 0 aromatic carbocycles. The molecule has 0 aliphatic heterocycles. The topological polar surface area (TPSA) is 72.7 Å². The van der Waals surface area contributed by atoms with Gasteiger partial charge in [0.15, 0.2) is 0 Å². The van der Waals surface area contributed by atoms with Gasteiger partial charge in [-0.1, -0.05) is 25.9 Å². The van der Waals surface area contributed by atoms with Crippen LogP contribution in [0.5, 0.6) is 0 Å². The number of hydrogen-bond donors (Lipinski definition) is 1. The van der Waals surface area contributed by atoms with Crippen LogP contribution in [0.4, 0.5) is 5.95 Å². The molecule has 78 valence electrons. The molecule has 1 heterocycles. The average molecular weight is 197 g/mol. The fraction of sp³-hybridized carbons (Fsp3) is 0.750. The summed E-state index contributed by atoms with van der Waals surface area (Å²) in [6.45, 7) is 6.38. The summed E-state index contributed by atoms with van der Waals surface area (Å²) in [5.41, 5.74) is 0. The summed E-state index contributed by atoms with van der Waals surface area (Å²) >= 11 is 0. The molecule has 1 N–H and O–H groups in total. The van der Waals surface area contributed by atoms with Crippen LogP contribution >= 0.6 is 0 Å². The summed E-state index contributed by atoms with van der Waals surface area (Å²) in [6.07, 6.45) is 0.926. The molecule has 0 aliphatic carbocycles. The molecule has 0 radical (unpaired) electrons. The number of rotatable bonds is 4. The van der Waals surface area contributed by atoms with Crippen LogP contribution in [0.1, 0.15) is 27.2 Å². The van der Waals surface area contributed by atoms with Gasteiger partial charge in [-0.15, -0.1) is 0 Å². The van der Waals surface area contributed by atoms with E-state index in [2.05, 4.69) is 20.8 Å². The lowest BCUT2D eigenvalue weighted by Crippen LogP contribution is -2.21. The Morgan fingerprint density at radius 2 is 2.29 bits per heavy atom. The quantitative estimate of drug-likeness (QED) is 0.770. The highest BCUT2D eigenvalue weighted by Gasteiger charge is 2.11. The Bertz CT molecular complexity index is 306. The Morgan fingerprint density at radius 1 is 1.57 bits per heavy atom. The van der Waals surface area contributed by atoms with E-state index in [4.69, 9.17) is 0 Å². The minimum absolute atomic E-state index is 0.0678. The zero-order valence-electron chi connectivity index (χ0n) is 8.69. The second-order valence-electron chi connectivity index (χ2n) is 3.37. The lowest BCUT2D eigenvalue weighted by atomic mass is 10.2. The van der Waals surface area contributed by atoms with Crippen molar-refractivity contribution in [3.05, 3.63) is 0 Å². The average Bonchev–Trinajstić information content (AvgIpc) is 2.53. The van der Waals surface area contributed by atoms with Crippen molar-refractivity contribution in [2.45, 2.75) is 33.7 Å². The number of aryl methyl sites for hydroxylation is 1. The molecule has 6 nitrogen and oxygen atoms in total. The van der Waals surface area contributed by atoms with Crippen LogP contribution < -0.4 is 5.32 Å². The molecule has 0 spiro atoms. The summed E-state index contributed by atoms with van der Waals surface area (Å²) in [4.78, 5) is 11.3. The van der Waals surface area contributed by atoms with Gasteiger partial charge in [-0.25, -0.2) is 4.68 Å². The second kappa shape index (κ2) is 4.69. The van der Waals surface area contributed by atoms with Crippen molar-refractivity contribution in [2.75, 3.05) is 5.32 Å². The van der Waals surface area contributed by atoms with Crippen molar-refractivity contribution >= 4 is 11.9 Å². The van der Waals surface area contributed by atoms with E-state index in [9.17, 15) is 4.79 Å². The van der Waals surface area contributed by atoms with Crippen LogP contribution in [0.2, 0.25) is 0 Å². The zero-order chi connectivity index (χ0) is 10.6. The Kier molecular flexibility index (Phi) is 3.55. The van der Waals surface area contributed by atoms with E-state index < -0.39 is 0 Å². The highest BCUT2D eigenvalue weighted by Crippen LogP contribution is 2.03. The number of carbonyl (C=O) groups excluding carboxylic acids is 1. The van der Waals surface area contributed by atoms with Gasteiger partial charge in [-0.2, -0.15) is 0 Å². The molecule has 0 saturated heterocycles.